The summed E-state index contributed by atoms with van der Waals surface area (Å²) in [4.78, 5) is 14.1. The van der Waals surface area contributed by atoms with E-state index in [4.69, 9.17) is 16.3 Å². The third-order valence-electron chi connectivity index (χ3n) is 4.17. The SMILES string of the molecule is CNCCC1CCN(C(=O)CCOc2ccc(Cl)cc2)CC1.Cl. The van der Waals surface area contributed by atoms with Crippen LogP contribution >= 0.6 is 24.0 Å². The van der Waals surface area contributed by atoms with Gasteiger partial charge < -0.3 is 15.0 Å². The zero-order valence-electron chi connectivity index (χ0n) is 13.6. The van der Waals surface area contributed by atoms with Gasteiger partial charge in [0, 0.05) is 18.1 Å². The first-order valence-corrected chi connectivity index (χ1v) is 8.37. The van der Waals surface area contributed by atoms with Gasteiger partial charge in [-0.3, -0.25) is 4.79 Å². The van der Waals surface area contributed by atoms with Gasteiger partial charge in [0.1, 0.15) is 5.75 Å². The fraction of sp³-hybridized carbons (Fsp3) is 0.588. The summed E-state index contributed by atoms with van der Waals surface area (Å²) in [5.74, 6) is 1.70. The molecule has 0 aromatic heterocycles. The minimum atomic E-state index is 0. The summed E-state index contributed by atoms with van der Waals surface area (Å²) >= 11 is 5.82. The zero-order valence-corrected chi connectivity index (χ0v) is 15.2. The van der Waals surface area contributed by atoms with Crippen molar-refractivity contribution in [2.75, 3.05) is 33.3 Å². The van der Waals surface area contributed by atoms with Crippen LogP contribution < -0.4 is 10.1 Å². The Hall–Kier alpha value is -0.970. The van der Waals surface area contributed by atoms with Crippen molar-refractivity contribution in [3.63, 3.8) is 0 Å². The number of rotatable bonds is 7. The van der Waals surface area contributed by atoms with Crippen molar-refractivity contribution in [2.24, 2.45) is 5.92 Å². The molecule has 0 atom stereocenters. The molecule has 1 amide bonds. The highest BCUT2D eigenvalue weighted by Crippen LogP contribution is 2.20. The number of likely N-dealkylation sites (tertiary alicyclic amines) is 1. The lowest BCUT2D eigenvalue weighted by Crippen LogP contribution is -2.39. The van der Waals surface area contributed by atoms with E-state index in [2.05, 4.69) is 5.32 Å². The van der Waals surface area contributed by atoms with E-state index in [1.54, 1.807) is 12.1 Å². The molecule has 0 bridgehead atoms. The number of ether oxygens (including phenoxy) is 1. The van der Waals surface area contributed by atoms with Gasteiger partial charge in [0.25, 0.3) is 0 Å². The number of amides is 1. The lowest BCUT2D eigenvalue weighted by molar-refractivity contribution is -0.133. The topological polar surface area (TPSA) is 41.6 Å². The van der Waals surface area contributed by atoms with E-state index in [0.717, 1.165) is 44.1 Å². The molecule has 6 heteroatoms. The molecular weight excluding hydrogens is 335 g/mol. The smallest absolute Gasteiger partial charge is 0.225 e. The van der Waals surface area contributed by atoms with Crippen LogP contribution in [-0.2, 0) is 4.79 Å². The normalized spacial score (nSPS) is 15.1. The van der Waals surface area contributed by atoms with Gasteiger partial charge in [0.2, 0.25) is 5.91 Å². The summed E-state index contributed by atoms with van der Waals surface area (Å²) in [5.41, 5.74) is 0. The molecule has 1 aliphatic rings. The minimum absolute atomic E-state index is 0. The first-order valence-electron chi connectivity index (χ1n) is 8.00. The van der Waals surface area contributed by atoms with Gasteiger partial charge in [0.05, 0.1) is 13.0 Å². The maximum Gasteiger partial charge on any atom is 0.225 e. The van der Waals surface area contributed by atoms with Gasteiger partial charge in [-0.25, -0.2) is 0 Å². The lowest BCUT2D eigenvalue weighted by Gasteiger charge is -2.32. The van der Waals surface area contributed by atoms with Crippen LogP contribution in [-0.4, -0.2) is 44.1 Å². The number of halogens is 2. The molecule has 23 heavy (non-hydrogen) atoms. The van der Waals surface area contributed by atoms with Gasteiger partial charge in [-0.15, -0.1) is 12.4 Å². The quantitative estimate of drug-likeness (QED) is 0.810. The number of benzene rings is 1. The van der Waals surface area contributed by atoms with Crippen molar-refractivity contribution < 1.29 is 9.53 Å². The molecule has 0 aliphatic carbocycles. The van der Waals surface area contributed by atoms with E-state index >= 15 is 0 Å². The van der Waals surface area contributed by atoms with Crippen molar-refractivity contribution >= 4 is 29.9 Å². The summed E-state index contributed by atoms with van der Waals surface area (Å²) in [5, 5.41) is 3.88. The average molecular weight is 361 g/mol. The molecule has 1 aliphatic heterocycles. The average Bonchev–Trinajstić information content (AvgIpc) is 2.55. The van der Waals surface area contributed by atoms with Crippen LogP contribution in [0.2, 0.25) is 5.02 Å². The molecule has 1 fully saturated rings. The van der Waals surface area contributed by atoms with Crippen molar-refractivity contribution in [3.05, 3.63) is 29.3 Å². The van der Waals surface area contributed by atoms with E-state index in [-0.39, 0.29) is 18.3 Å². The van der Waals surface area contributed by atoms with Crippen molar-refractivity contribution in [1.82, 2.24) is 10.2 Å². The Kier molecular flexibility index (Phi) is 9.37. The van der Waals surface area contributed by atoms with E-state index in [9.17, 15) is 4.79 Å². The second kappa shape index (κ2) is 10.7. The number of hydrogen-bond donors (Lipinski definition) is 1. The number of nitrogens with one attached hydrogen (secondary N) is 1. The van der Waals surface area contributed by atoms with Gasteiger partial charge in [-0.1, -0.05) is 11.6 Å². The first kappa shape index (κ1) is 20.1. The van der Waals surface area contributed by atoms with Crippen molar-refractivity contribution in [2.45, 2.75) is 25.7 Å². The fourth-order valence-corrected chi connectivity index (χ4v) is 2.89. The van der Waals surface area contributed by atoms with E-state index in [1.165, 1.54) is 6.42 Å². The number of hydrogen-bond acceptors (Lipinski definition) is 3. The molecule has 1 aromatic rings. The third-order valence-corrected chi connectivity index (χ3v) is 4.42. The van der Waals surface area contributed by atoms with Crippen LogP contribution in [0.4, 0.5) is 0 Å². The third kappa shape index (κ3) is 6.98. The number of carbonyl (C=O) groups is 1. The maximum atomic E-state index is 12.2. The Morgan fingerprint density at radius 3 is 2.57 bits per heavy atom. The molecule has 0 saturated carbocycles. The van der Waals surface area contributed by atoms with Gasteiger partial charge in [-0.05, 0) is 63.0 Å². The maximum absolute atomic E-state index is 12.2. The molecule has 1 N–H and O–H groups in total. The molecular formula is C17H26Cl2N2O2. The van der Waals surface area contributed by atoms with Crippen LogP contribution in [0, 0.1) is 5.92 Å². The Labute approximate surface area is 149 Å². The Balaban J connectivity index is 0.00000264. The monoisotopic (exact) mass is 360 g/mol. The highest BCUT2D eigenvalue weighted by atomic mass is 35.5. The highest BCUT2D eigenvalue weighted by molar-refractivity contribution is 6.30. The second-order valence-electron chi connectivity index (χ2n) is 5.77. The van der Waals surface area contributed by atoms with Crippen LogP contribution in [0.15, 0.2) is 24.3 Å². The summed E-state index contributed by atoms with van der Waals surface area (Å²) in [7, 11) is 1.99. The van der Waals surface area contributed by atoms with Crippen LogP contribution in [0.3, 0.4) is 0 Å². The molecule has 0 radical (unpaired) electrons. The Morgan fingerprint density at radius 2 is 1.96 bits per heavy atom. The molecule has 130 valence electrons. The second-order valence-corrected chi connectivity index (χ2v) is 6.21. The largest absolute Gasteiger partial charge is 0.493 e. The predicted octanol–water partition coefficient (Wildman–Crippen LogP) is 3.38. The van der Waals surface area contributed by atoms with Crippen LogP contribution in [0.5, 0.6) is 5.75 Å². The number of nitrogens with zero attached hydrogens (tertiary/aromatic N) is 1. The van der Waals surface area contributed by atoms with Crippen LogP contribution in [0.25, 0.3) is 0 Å². The summed E-state index contributed by atoms with van der Waals surface area (Å²) in [6.07, 6.45) is 3.87. The molecule has 1 saturated heterocycles. The van der Waals surface area contributed by atoms with Gasteiger partial charge >= 0.3 is 0 Å². The fourth-order valence-electron chi connectivity index (χ4n) is 2.76. The Morgan fingerprint density at radius 1 is 1.30 bits per heavy atom. The zero-order chi connectivity index (χ0) is 15.8. The molecule has 4 nitrogen and oxygen atoms in total. The Bertz CT molecular complexity index is 460. The summed E-state index contributed by atoms with van der Waals surface area (Å²) in [6, 6.07) is 7.21. The number of carbonyl (C=O) groups excluding carboxylic acids is 1. The number of piperidine rings is 1. The molecule has 0 unspecified atom stereocenters. The molecule has 1 aromatic carbocycles. The van der Waals surface area contributed by atoms with Crippen molar-refractivity contribution in [3.8, 4) is 5.75 Å². The molecule has 1 heterocycles. The van der Waals surface area contributed by atoms with Gasteiger partial charge in [0.15, 0.2) is 0 Å². The van der Waals surface area contributed by atoms with Crippen molar-refractivity contribution in [1.29, 1.82) is 0 Å². The van der Waals surface area contributed by atoms with E-state index in [1.807, 2.05) is 24.1 Å². The van der Waals surface area contributed by atoms with Crippen LogP contribution in [0.1, 0.15) is 25.7 Å². The first-order chi connectivity index (χ1) is 10.7. The summed E-state index contributed by atoms with van der Waals surface area (Å²) in [6.45, 7) is 3.25. The predicted molar refractivity (Wildman–Crippen MR) is 96.7 cm³/mol. The standard InChI is InChI=1S/C17H25ClN2O2.ClH/c1-19-10-6-14-7-11-20(12-8-14)17(21)9-13-22-16-4-2-15(18)3-5-16;/h2-5,14,19H,6-13H2,1H3;1H. The lowest BCUT2D eigenvalue weighted by atomic mass is 9.93. The van der Waals surface area contributed by atoms with E-state index in [0.29, 0.717) is 18.1 Å². The minimum Gasteiger partial charge on any atom is -0.493 e. The van der Waals surface area contributed by atoms with Gasteiger partial charge in [-0.2, -0.15) is 0 Å². The van der Waals surface area contributed by atoms with E-state index < -0.39 is 0 Å². The highest BCUT2D eigenvalue weighted by Gasteiger charge is 2.22. The molecule has 2 rings (SSSR count). The molecule has 0 spiro atoms. The summed E-state index contributed by atoms with van der Waals surface area (Å²) < 4.78 is 5.58.